The van der Waals surface area contributed by atoms with E-state index in [1.165, 1.54) is 5.56 Å². The maximum Gasteiger partial charge on any atom is 0.0461 e. The van der Waals surface area contributed by atoms with Crippen LogP contribution in [0.15, 0.2) is 22.7 Å². The van der Waals surface area contributed by atoms with E-state index in [4.69, 9.17) is 11.5 Å². The molecule has 1 aromatic rings. The Kier molecular flexibility index (Phi) is 2.91. The Labute approximate surface area is 74.7 Å². The predicted octanol–water partition coefficient (Wildman–Crippen LogP) is 1.53. The molecule has 0 aliphatic carbocycles. The van der Waals surface area contributed by atoms with Crippen LogP contribution in [0.2, 0.25) is 0 Å². The molecule has 0 spiro atoms. The number of anilines is 1. The van der Waals surface area contributed by atoms with Gasteiger partial charge < -0.3 is 11.5 Å². The zero-order chi connectivity index (χ0) is 8.27. The van der Waals surface area contributed by atoms with E-state index in [0.29, 0.717) is 6.54 Å². The van der Waals surface area contributed by atoms with E-state index >= 15 is 0 Å². The van der Waals surface area contributed by atoms with Gasteiger partial charge in [0.25, 0.3) is 0 Å². The van der Waals surface area contributed by atoms with Gasteiger partial charge in [0.2, 0.25) is 0 Å². The van der Waals surface area contributed by atoms with Gasteiger partial charge in [0.05, 0.1) is 0 Å². The van der Waals surface area contributed by atoms with Crippen molar-refractivity contribution in [1.82, 2.24) is 0 Å². The van der Waals surface area contributed by atoms with Gasteiger partial charge in [-0.25, -0.2) is 0 Å². The summed E-state index contributed by atoms with van der Waals surface area (Å²) in [5, 5.41) is 0. The average molecular weight is 215 g/mol. The molecule has 60 valence electrons. The van der Waals surface area contributed by atoms with Gasteiger partial charge in [-0.1, -0.05) is 6.07 Å². The molecule has 0 heterocycles. The summed E-state index contributed by atoms with van der Waals surface area (Å²) in [4.78, 5) is 0. The fourth-order valence-corrected chi connectivity index (χ4v) is 1.16. The molecule has 0 aliphatic heterocycles. The van der Waals surface area contributed by atoms with Crippen molar-refractivity contribution in [1.29, 1.82) is 0 Å². The smallest absolute Gasteiger partial charge is 0.0461 e. The summed E-state index contributed by atoms with van der Waals surface area (Å²) in [6.45, 7) is 0.668. The average Bonchev–Trinajstić information content (AvgIpc) is 1.98. The minimum absolute atomic E-state index is 0.668. The Balaban J connectivity index is 2.86. The number of halogens is 1. The Morgan fingerprint density at radius 2 is 2.09 bits per heavy atom. The van der Waals surface area contributed by atoms with Crippen molar-refractivity contribution in [3.63, 3.8) is 0 Å². The van der Waals surface area contributed by atoms with Gasteiger partial charge in [-0.3, -0.25) is 0 Å². The molecule has 0 aliphatic rings. The number of nitrogens with two attached hydrogens (primary N) is 2. The van der Waals surface area contributed by atoms with Crippen LogP contribution in [0.25, 0.3) is 0 Å². The highest BCUT2D eigenvalue weighted by molar-refractivity contribution is 9.10. The minimum atomic E-state index is 0.668. The standard InChI is InChI=1S/C8H11BrN2/c9-7-2-1-6(3-4-10)5-8(7)11/h1-2,5H,3-4,10-11H2. The highest BCUT2D eigenvalue weighted by Crippen LogP contribution is 2.19. The second-order valence-corrected chi connectivity index (χ2v) is 3.25. The Morgan fingerprint density at radius 3 is 2.64 bits per heavy atom. The molecule has 0 fully saturated rings. The molecule has 1 rings (SSSR count). The van der Waals surface area contributed by atoms with Crippen molar-refractivity contribution >= 4 is 21.6 Å². The van der Waals surface area contributed by atoms with E-state index in [2.05, 4.69) is 15.9 Å². The molecule has 0 unspecified atom stereocenters. The lowest BCUT2D eigenvalue weighted by Gasteiger charge is -2.01. The third-order valence-electron chi connectivity index (χ3n) is 1.49. The van der Waals surface area contributed by atoms with E-state index in [1.54, 1.807) is 0 Å². The van der Waals surface area contributed by atoms with Crippen molar-refractivity contribution in [3.05, 3.63) is 28.2 Å². The van der Waals surface area contributed by atoms with Crippen molar-refractivity contribution < 1.29 is 0 Å². The molecular weight excluding hydrogens is 204 g/mol. The zero-order valence-electron chi connectivity index (χ0n) is 6.18. The molecule has 0 amide bonds. The Bertz CT molecular complexity index is 248. The summed E-state index contributed by atoms with van der Waals surface area (Å²) in [5.74, 6) is 0. The third-order valence-corrected chi connectivity index (χ3v) is 2.22. The van der Waals surface area contributed by atoms with Crippen molar-refractivity contribution in [2.24, 2.45) is 5.73 Å². The number of rotatable bonds is 2. The zero-order valence-corrected chi connectivity index (χ0v) is 7.76. The van der Waals surface area contributed by atoms with Crippen LogP contribution < -0.4 is 11.5 Å². The van der Waals surface area contributed by atoms with Gasteiger partial charge in [-0.2, -0.15) is 0 Å². The number of hydrogen-bond acceptors (Lipinski definition) is 2. The van der Waals surface area contributed by atoms with Gasteiger partial charge in [-0.05, 0) is 46.6 Å². The fraction of sp³-hybridized carbons (Fsp3) is 0.250. The molecular formula is C8H11BrN2. The summed E-state index contributed by atoms with van der Waals surface area (Å²) < 4.78 is 0.943. The lowest BCUT2D eigenvalue weighted by atomic mass is 10.1. The topological polar surface area (TPSA) is 52.0 Å². The number of benzene rings is 1. The van der Waals surface area contributed by atoms with Crippen molar-refractivity contribution in [2.45, 2.75) is 6.42 Å². The van der Waals surface area contributed by atoms with E-state index in [1.807, 2.05) is 18.2 Å². The Hall–Kier alpha value is -0.540. The van der Waals surface area contributed by atoms with E-state index in [0.717, 1.165) is 16.6 Å². The van der Waals surface area contributed by atoms with Crippen LogP contribution in [-0.4, -0.2) is 6.54 Å². The third kappa shape index (κ3) is 2.20. The second kappa shape index (κ2) is 3.74. The highest BCUT2D eigenvalue weighted by Gasteiger charge is 1.95. The van der Waals surface area contributed by atoms with Gasteiger partial charge >= 0.3 is 0 Å². The van der Waals surface area contributed by atoms with Crippen LogP contribution >= 0.6 is 15.9 Å². The van der Waals surface area contributed by atoms with Crippen LogP contribution in [-0.2, 0) is 6.42 Å². The minimum Gasteiger partial charge on any atom is -0.398 e. The van der Waals surface area contributed by atoms with Crippen molar-refractivity contribution in [2.75, 3.05) is 12.3 Å². The first-order valence-corrected chi connectivity index (χ1v) is 4.27. The Morgan fingerprint density at radius 1 is 1.36 bits per heavy atom. The molecule has 0 radical (unpaired) electrons. The molecule has 2 nitrogen and oxygen atoms in total. The van der Waals surface area contributed by atoms with Crippen LogP contribution in [0.1, 0.15) is 5.56 Å². The van der Waals surface area contributed by atoms with Gasteiger partial charge in [-0.15, -0.1) is 0 Å². The molecule has 4 N–H and O–H groups in total. The molecule has 0 saturated heterocycles. The van der Waals surface area contributed by atoms with Crippen molar-refractivity contribution in [3.8, 4) is 0 Å². The molecule has 1 aromatic carbocycles. The molecule has 3 heteroatoms. The highest BCUT2D eigenvalue weighted by atomic mass is 79.9. The summed E-state index contributed by atoms with van der Waals surface area (Å²) in [6, 6.07) is 5.91. The maximum atomic E-state index is 5.66. The monoisotopic (exact) mass is 214 g/mol. The van der Waals surface area contributed by atoms with Crippen LogP contribution in [0.3, 0.4) is 0 Å². The summed E-state index contributed by atoms with van der Waals surface area (Å²) in [6.07, 6.45) is 0.886. The van der Waals surface area contributed by atoms with Crippen LogP contribution in [0.4, 0.5) is 5.69 Å². The van der Waals surface area contributed by atoms with Crippen LogP contribution in [0, 0.1) is 0 Å². The first-order valence-electron chi connectivity index (χ1n) is 3.48. The largest absolute Gasteiger partial charge is 0.398 e. The lowest BCUT2D eigenvalue weighted by Crippen LogP contribution is -2.03. The second-order valence-electron chi connectivity index (χ2n) is 2.39. The molecule has 11 heavy (non-hydrogen) atoms. The lowest BCUT2D eigenvalue weighted by molar-refractivity contribution is 0.969. The SMILES string of the molecule is NCCc1ccc(Br)c(N)c1. The predicted molar refractivity (Wildman–Crippen MR) is 51.3 cm³/mol. The quantitative estimate of drug-likeness (QED) is 0.735. The first kappa shape index (κ1) is 8.56. The normalized spacial score (nSPS) is 10.0. The fourth-order valence-electron chi connectivity index (χ4n) is 0.915. The summed E-state index contributed by atoms with van der Waals surface area (Å²) in [5.41, 5.74) is 13.0. The van der Waals surface area contributed by atoms with Crippen LogP contribution in [0.5, 0.6) is 0 Å². The summed E-state index contributed by atoms with van der Waals surface area (Å²) >= 11 is 3.32. The van der Waals surface area contributed by atoms with Gasteiger partial charge in [0.15, 0.2) is 0 Å². The molecule has 0 atom stereocenters. The number of nitrogen functional groups attached to an aromatic ring is 1. The summed E-state index contributed by atoms with van der Waals surface area (Å²) in [7, 11) is 0. The molecule has 0 bridgehead atoms. The first-order chi connectivity index (χ1) is 5.24. The van der Waals surface area contributed by atoms with Gasteiger partial charge in [0.1, 0.15) is 0 Å². The van der Waals surface area contributed by atoms with E-state index in [-0.39, 0.29) is 0 Å². The maximum absolute atomic E-state index is 5.66. The van der Waals surface area contributed by atoms with E-state index < -0.39 is 0 Å². The molecule has 0 aromatic heterocycles. The van der Waals surface area contributed by atoms with E-state index in [9.17, 15) is 0 Å². The number of hydrogen-bond donors (Lipinski definition) is 2. The van der Waals surface area contributed by atoms with Gasteiger partial charge in [0, 0.05) is 10.2 Å². The molecule has 0 saturated carbocycles.